The van der Waals surface area contributed by atoms with Crippen LogP contribution in [0.25, 0.3) is 0 Å². The number of hydrogen-bond donors (Lipinski definition) is 2. The zero-order valence-electron chi connectivity index (χ0n) is 8.25. The Bertz CT molecular complexity index is 306. The van der Waals surface area contributed by atoms with Crippen LogP contribution in [0.15, 0.2) is 16.7 Å². The second-order valence-corrected chi connectivity index (χ2v) is 3.95. The van der Waals surface area contributed by atoms with Crippen molar-refractivity contribution in [1.29, 1.82) is 0 Å². The molecule has 78 valence electrons. The number of nitrogens with two attached hydrogens (primary N) is 1. The monoisotopic (exact) mass is 259 g/mol. The van der Waals surface area contributed by atoms with Crippen LogP contribution >= 0.6 is 15.9 Å². The molecule has 1 atom stereocenters. The van der Waals surface area contributed by atoms with Gasteiger partial charge in [-0.25, -0.2) is 4.98 Å². The van der Waals surface area contributed by atoms with Crippen molar-refractivity contribution < 1.29 is 4.74 Å². The van der Waals surface area contributed by atoms with Crippen LogP contribution in [-0.2, 0) is 4.74 Å². The molecule has 0 amide bonds. The molecule has 1 aromatic heterocycles. The second-order valence-electron chi connectivity index (χ2n) is 3.10. The van der Waals surface area contributed by atoms with Crippen LogP contribution < -0.4 is 11.1 Å². The number of nitrogens with zero attached hydrogens (tertiary/aromatic N) is 1. The van der Waals surface area contributed by atoms with Gasteiger partial charge in [0.15, 0.2) is 0 Å². The first-order valence-corrected chi connectivity index (χ1v) is 5.09. The maximum absolute atomic E-state index is 5.57. The molecule has 14 heavy (non-hydrogen) atoms. The molecule has 4 nitrogen and oxygen atoms in total. The molecule has 0 spiro atoms. The smallest absolute Gasteiger partial charge is 0.140 e. The summed E-state index contributed by atoms with van der Waals surface area (Å²) in [4.78, 5) is 4.16. The number of nitrogen functional groups attached to an aromatic ring is 1. The van der Waals surface area contributed by atoms with Crippen LogP contribution in [0.1, 0.15) is 6.92 Å². The summed E-state index contributed by atoms with van der Waals surface area (Å²) in [5.41, 5.74) is 6.21. The lowest BCUT2D eigenvalue weighted by molar-refractivity contribution is 0.190. The third-order valence-corrected chi connectivity index (χ3v) is 2.27. The van der Waals surface area contributed by atoms with Crippen LogP contribution in [0.4, 0.5) is 11.5 Å². The first kappa shape index (κ1) is 11.3. The lowest BCUT2D eigenvalue weighted by Gasteiger charge is -2.14. The van der Waals surface area contributed by atoms with Gasteiger partial charge in [-0.15, -0.1) is 0 Å². The Morgan fingerprint density at radius 1 is 1.71 bits per heavy atom. The highest BCUT2D eigenvalue weighted by atomic mass is 79.9. The van der Waals surface area contributed by atoms with E-state index in [0.717, 1.165) is 10.3 Å². The maximum atomic E-state index is 5.57. The molecule has 0 aliphatic heterocycles. The van der Waals surface area contributed by atoms with Gasteiger partial charge in [-0.3, -0.25) is 0 Å². The summed E-state index contributed by atoms with van der Waals surface area (Å²) in [5, 5.41) is 3.20. The van der Waals surface area contributed by atoms with Gasteiger partial charge in [-0.2, -0.15) is 0 Å². The van der Waals surface area contributed by atoms with Gasteiger partial charge in [0.2, 0.25) is 0 Å². The number of anilines is 2. The summed E-state index contributed by atoms with van der Waals surface area (Å²) >= 11 is 3.38. The van der Waals surface area contributed by atoms with Crippen LogP contribution in [-0.4, -0.2) is 24.7 Å². The Hall–Kier alpha value is -0.810. The lowest BCUT2D eigenvalue weighted by Crippen LogP contribution is -2.21. The average molecular weight is 260 g/mol. The second kappa shape index (κ2) is 5.17. The molecule has 0 saturated carbocycles. The van der Waals surface area contributed by atoms with E-state index in [9.17, 15) is 0 Å². The van der Waals surface area contributed by atoms with Crippen molar-refractivity contribution in [3.63, 3.8) is 0 Å². The molecule has 1 unspecified atom stereocenters. The Labute approximate surface area is 92.0 Å². The number of pyridine rings is 1. The number of nitrogens with one attached hydrogen (secondary N) is 1. The van der Waals surface area contributed by atoms with Gasteiger partial charge in [0, 0.05) is 13.2 Å². The third-order valence-electron chi connectivity index (χ3n) is 1.66. The summed E-state index contributed by atoms with van der Waals surface area (Å²) in [6, 6.07) is 2.03. The van der Waals surface area contributed by atoms with Crippen molar-refractivity contribution >= 4 is 27.4 Å². The van der Waals surface area contributed by atoms with E-state index < -0.39 is 0 Å². The largest absolute Gasteiger partial charge is 0.397 e. The first-order valence-electron chi connectivity index (χ1n) is 4.30. The third kappa shape index (κ3) is 3.16. The van der Waals surface area contributed by atoms with Crippen molar-refractivity contribution in [2.75, 3.05) is 24.8 Å². The van der Waals surface area contributed by atoms with Gasteiger partial charge in [0.1, 0.15) is 5.82 Å². The van der Waals surface area contributed by atoms with Gasteiger partial charge in [0.25, 0.3) is 0 Å². The Kier molecular flexibility index (Phi) is 4.16. The van der Waals surface area contributed by atoms with Gasteiger partial charge in [-0.05, 0) is 28.9 Å². The quantitative estimate of drug-likeness (QED) is 0.867. The standard InChI is InChI=1S/C9H14BrN3O/c1-6(5-14-2)13-9-8(10)3-7(11)4-12-9/h3-4,6H,5,11H2,1-2H3,(H,12,13). The molecule has 0 bridgehead atoms. The molecule has 1 rings (SSSR count). The molecule has 1 aromatic rings. The Balaban J connectivity index is 2.67. The summed E-state index contributed by atoms with van der Waals surface area (Å²) in [6.45, 7) is 2.66. The summed E-state index contributed by atoms with van der Waals surface area (Å²) < 4.78 is 5.87. The first-order chi connectivity index (χ1) is 6.63. The summed E-state index contributed by atoms with van der Waals surface area (Å²) in [7, 11) is 1.67. The SMILES string of the molecule is COCC(C)Nc1ncc(N)cc1Br. The molecule has 0 aliphatic rings. The fourth-order valence-corrected chi connectivity index (χ4v) is 1.57. The van der Waals surface area contributed by atoms with Crippen LogP contribution in [0, 0.1) is 0 Å². The number of hydrogen-bond acceptors (Lipinski definition) is 4. The van der Waals surface area contributed by atoms with Crippen molar-refractivity contribution in [2.45, 2.75) is 13.0 Å². The highest BCUT2D eigenvalue weighted by Crippen LogP contribution is 2.22. The van der Waals surface area contributed by atoms with Crippen LogP contribution in [0.5, 0.6) is 0 Å². The van der Waals surface area contributed by atoms with Gasteiger partial charge < -0.3 is 15.8 Å². The van der Waals surface area contributed by atoms with E-state index in [1.54, 1.807) is 13.3 Å². The normalized spacial score (nSPS) is 12.5. The topological polar surface area (TPSA) is 60.2 Å². The molecule has 0 aliphatic carbocycles. The molecule has 1 heterocycles. The zero-order valence-corrected chi connectivity index (χ0v) is 9.84. The van der Waals surface area contributed by atoms with Gasteiger partial charge in [-0.1, -0.05) is 0 Å². The van der Waals surface area contributed by atoms with Crippen molar-refractivity contribution in [2.24, 2.45) is 0 Å². The fourth-order valence-electron chi connectivity index (χ4n) is 1.08. The van der Waals surface area contributed by atoms with Gasteiger partial charge in [0.05, 0.1) is 23.0 Å². The predicted octanol–water partition coefficient (Wildman–Crippen LogP) is 1.87. The molecular weight excluding hydrogens is 246 g/mol. The summed E-state index contributed by atoms with van der Waals surface area (Å²) in [6.07, 6.45) is 1.62. The number of methoxy groups -OCH3 is 1. The highest BCUT2D eigenvalue weighted by molar-refractivity contribution is 9.10. The van der Waals surface area contributed by atoms with E-state index in [1.165, 1.54) is 0 Å². The van der Waals surface area contributed by atoms with Gasteiger partial charge >= 0.3 is 0 Å². The Morgan fingerprint density at radius 3 is 3.00 bits per heavy atom. The van der Waals surface area contributed by atoms with Crippen molar-refractivity contribution in [3.8, 4) is 0 Å². The molecule has 0 fully saturated rings. The molecule has 0 saturated heterocycles. The summed E-state index contributed by atoms with van der Waals surface area (Å²) in [5.74, 6) is 0.781. The highest BCUT2D eigenvalue weighted by Gasteiger charge is 2.05. The number of rotatable bonds is 4. The van der Waals surface area contributed by atoms with Crippen molar-refractivity contribution in [3.05, 3.63) is 16.7 Å². The Morgan fingerprint density at radius 2 is 2.43 bits per heavy atom. The maximum Gasteiger partial charge on any atom is 0.140 e. The van der Waals surface area contributed by atoms with Crippen molar-refractivity contribution in [1.82, 2.24) is 4.98 Å². The fraction of sp³-hybridized carbons (Fsp3) is 0.444. The minimum Gasteiger partial charge on any atom is -0.397 e. The minimum atomic E-state index is 0.215. The van der Waals surface area contributed by atoms with E-state index in [-0.39, 0.29) is 6.04 Å². The molecule has 0 radical (unpaired) electrons. The minimum absolute atomic E-state index is 0.215. The van der Waals surface area contributed by atoms with E-state index in [0.29, 0.717) is 12.3 Å². The molecule has 5 heteroatoms. The lowest BCUT2D eigenvalue weighted by atomic mass is 10.3. The molecular formula is C9H14BrN3O. The molecule has 3 N–H and O–H groups in total. The molecule has 0 aromatic carbocycles. The number of ether oxygens (including phenoxy) is 1. The van der Waals surface area contributed by atoms with Crippen LogP contribution in [0.3, 0.4) is 0 Å². The zero-order chi connectivity index (χ0) is 10.6. The van der Waals surface area contributed by atoms with E-state index in [1.807, 2.05) is 13.0 Å². The van der Waals surface area contributed by atoms with E-state index in [2.05, 4.69) is 26.2 Å². The number of aromatic nitrogens is 1. The predicted molar refractivity (Wildman–Crippen MR) is 61.3 cm³/mol. The van der Waals surface area contributed by atoms with E-state index in [4.69, 9.17) is 10.5 Å². The van der Waals surface area contributed by atoms with E-state index >= 15 is 0 Å². The van der Waals surface area contributed by atoms with Crippen LogP contribution in [0.2, 0.25) is 0 Å². The number of halogens is 1. The average Bonchev–Trinajstić information content (AvgIpc) is 2.10.